The van der Waals surface area contributed by atoms with Gasteiger partial charge >= 0.3 is 6.09 Å². The summed E-state index contributed by atoms with van der Waals surface area (Å²) in [7, 11) is 0. The third-order valence-electron chi connectivity index (χ3n) is 4.74. The molecule has 1 aliphatic heterocycles. The smallest absolute Gasteiger partial charge is 0.406 e. The van der Waals surface area contributed by atoms with Crippen molar-refractivity contribution in [3.05, 3.63) is 39.6 Å². The van der Waals surface area contributed by atoms with E-state index in [-0.39, 0.29) is 12.0 Å². The van der Waals surface area contributed by atoms with E-state index in [0.29, 0.717) is 42.7 Å². The molecule has 0 bridgehead atoms. The molecule has 3 heterocycles. The Morgan fingerprint density at radius 3 is 2.44 bits per heavy atom. The van der Waals surface area contributed by atoms with E-state index in [1.807, 2.05) is 19.1 Å². The Balaban J connectivity index is 1.46. The minimum Gasteiger partial charge on any atom is -0.406 e. The molecule has 2 aromatic rings. The molecule has 144 valence electrons. The van der Waals surface area contributed by atoms with E-state index < -0.39 is 0 Å². The van der Waals surface area contributed by atoms with Gasteiger partial charge in [0, 0.05) is 24.5 Å². The van der Waals surface area contributed by atoms with Gasteiger partial charge in [-0.25, -0.2) is 14.8 Å². The Morgan fingerprint density at radius 2 is 1.85 bits per heavy atom. The molecule has 1 saturated heterocycles. The van der Waals surface area contributed by atoms with Crippen molar-refractivity contribution in [1.82, 2.24) is 20.2 Å². The molecule has 1 N–H and O–H groups in total. The highest BCUT2D eigenvalue weighted by Crippen LogP contribution is 2.22. The van der Waals surface area contributed by atoms with Gasteiger partial charge in [0.05, 0.1) is 16.3 Å². The van der Waals surface area contributed by atoms with E-state index in [1.165, 1.54) is 17.7 Å². The van der Waals surface area contributed by atoms with Gasteiger partial charge in [-0.15, -0.1) is 11.3 Å². The molecule has 0 spiro atoms. The zero-order valence-corrected chi connectivity index (χ0v) is 16.6. The average molecular weight is 388 g/mol. The number of rotatable bonds is 4. The predicted octanol–water partition coefficient (Wildman–Crippen LogP) is 3.10. The van der Waals surface area contributed by atoms with Crippen LogP contribution in [0.25, 0.3) is 0 Å². The summed E-state index contributed by atoms with van der Waals surface area (Å²) < 4.78 is 5.50. The lowest BCUT2D eigenvalue weighted by molar-refractivity contribution is 0.0935. The van der Waals surface area contributed by atoms with Gasteiger partial charge in [-0.3, -0.25) is 4.79 Å². The van der Waals surface area contributed by atoms with Gasteiger partial charge in [-0.1, -0.05) is 0 Å². The molecule has 1 aliphatic rings. The zero-order valence-electron chi connectivity index (χ0n) is 15.8. The maximum absolute atomic E-state index is 12.4. The Hall–Kier alpha value is -2.48. The second-order valence-corrected chi connectivity index (χ2v) is 8.08. The first-order valence-electron chi connectivity index (χ1n) is 9.03. The standard InChI is InChI=1S/C19H24N4O3S/c1-12-4-5-16(27-12)18(24)20-10-15-6-8-23(9-7-15)19(25)26-17-13(2)21-11-22-14(17)3/h4-5,11,15H,6-10H2,1-3H3,(H,20,24). The Labute approximate surface area is 162 Å². The molecule has 0 radical (unpaired) electrons. The van der Waals surface area contributed by atoms with Crippen LogP contribution in [0.4, 0.5) is 4.79 Å². The first-order valence-corrected chi connectivity index (χ1v) is 9.85. The summed E-state index contributed by atoms with van der Waals surface area (Å²) in [5, 5.41) is 3.00. The maximum atomic E-state index is 12.4. The van der Waals surface area contributed by atoms with E-state index in [9.17, 15) is 9.59 Å². The van der Waals surface area contributed by atoms with Crippen LogP contribution in [0.2, 0.25) is 0 Å². The van der Waals surface area contributed by atoms with Crippen LogP contribution in [-0.4, -0.2) is 46.5 Å². The van der Waals surface area contributed by atoms with Crippen LogP contribution in [0.15, 0.2) is 18.5 Å². The second kappa shape index (κ2) is 8.47. The minimum absolute atomic E-state index is 0.0232. The van der Waals surface area contributed by atoms with Crippen LogP contribution in [0.1, 0.15) is 38.8 Å². The first-order chi connectivity index (χ1) is 12.9. The van der Waals surface area contributed by atoms with Crippen molar-refractivity contribution in [3.63, 3.8) is 0 Å². The van der Waals surface area contributed by atoms with Gasteiger partial charge in [-0.2, -0.15) is 0 Å². The quantitative estimate of drug-likeness (QED) is 0.870. The van der Waals surface area contributed by atoms with Crippen LogP contribution >= 0.6 is 11.3 Å². The molecule has 0 aromatic carbocycles. The molecule has 27 heavy (non-hydrogen) atoms. The van der Waals surface area contributed by atoms with Gasteiger partial charge in [0.2, 0.25) is 0 Å². The van der Waals surface area contributed by atoms with Crippen molar-refractivity contribution in [2.45, 2.75) is 33.6 Å². The fourth-order valence-corrected chi connectivity index (χ4v) is 3.86. The predicted molar refractivity (Wildman–Crippen MR) is 103 cm³/mol. The molecule has 2 aromatic heterocycles. The van der Waals surface area contributed by atoms with E-state index in [4.69, 9.17) is 4.74 Å². The van der Waals surface area contributed by atoms with E-state index in [1.54, 1.807) is 18.7 Å². The normalized spacial score (nSPS) is 14.9. The number of carbonyl (C=O) groups is 2. The molecule has 2 amide bonds. The van der Waals surface area contributed by atoms with E-state index in [0.717, 1.165) is 22.6 Å². The number of amides is 2. The van der Waals surface area contributed by atoms with Crippen molar-refractivity contribution in [3.8, 4) is 5.75 Å². The number of thiophene rings is 1. The lowest BCUT2D eigenvalue weighted by atomic mass is 9.97. The lowest BCUT2D eigenvalue weighted by Crippen LogP contribution is -2.42. The number of ether oxygens (including phenoxy) is 1. The summed E-state index contributed by atoms with van der Waals surface area (Å²) in [6.07, 6.45) is 2.76. The minimum atomic E-state index is -0.368. The van der Waals surface area contributed by atoms with Crippen molar-refractivity contribution >= 4 is 23.3 Å². The molecule has 8 heteroatoms. The first kappa shape index (κ1) is 19.3. The lowest BCUT2D eigenvalue weighted by Gasteiger charge is -2.31. The molecular weight excluding hydrogens is 364 g/mol. The van der Waals surface area contributed by atoms with Crippen LogP contribution in [-0.2, 0) is 0 Å². The highest BCUT2D eigenvalue weighted by Gasteiger charge is 2.25. The SMILES string of the molecule is Cc1ccc(C(=O)NCC2CCN(C(=O)Oc3c(C)ncnc3C)CC2)s1. The summed E-state index contributed by atoms with van der Waals surface area (Å²) in [6, 6.07) is 3.80. The number of hydrogen-bond donors (Lipinski definition) is 1. The number of aryl methyl sites for hydroxylation is 3. The van der Waals surface area contributed by atoms with Gasteiger partial charge in [0.25, 0.3) is 5.91 Å². The molecule has 7 nitrogen and oxygen atoms in total. The summed E-state index contributed by atoms with van der Waals surface area (Å²) >= 11 is 1.50. The van der Waals surface area contributed by atoms with Crippen molar-refractivity contribution in [2.24, 2.45) is 5.92 Å². The van der Waals surface area contributed by atoms with E-state index in [2.05, 4.69) is 15.3 Å². The fraction of sp³-hybridized carbons (Fsp3) is 0.474. The molecule has 3 rings (SSSR count). The van der Waals surface area contributed by atoms with E-state index >= 15 is 0 Å². The van der Waals surface area contributed by atoms with Gasteiger partial charge in [-0.05, 0) is 51.7 Å². The molecule has 1 fully saturated rings. The number of nitrogens with one attached hydrogen (secondary N) is 1. The summed E-state index contributed by atoms with van der Waals surface area (Å²) in [6.45, 7) is 7.43. The maximum Gasteiger partial charge on any atom is 0.415 e. The molecule has 0 saturated carbocycles. The Kier molecular flexibility index (Phi) is 6.05. The third kappa shape index (κ3) is 4.82. The molecule has 0 unspecified atom stereocenters. The number of carbonyl (C=O) groups excluding carboxylic acids is 2. The number of aromatic nitrogens is 2. The molecule has 0 aliphatic carbocycles. The Morgan fingerprint density at radius 1 is 1.19 bits per heavy atom. The second-order valence-electron chi connectivity index (χ2n) is 6.79. The zero-order chi connectivity index (χ0) is 19.4. The van der Waals surface area contributed by atoms with Gasteiger partial charge in [0.15, 0.2) is 5.75 Å². The number of nitrogens with zero attached hydrogens (tertiary/aromatic N) is 3. The summed E-state index contributed by atoms with van der Waals surface area (Å²) in [5.74, 6) is 0.774. The number of likely N-dealkylation sites (tertiary alicyclic amines) is 1. The largest absolute Gasteiger partial charge is 0.415 e. The van der Waals surface area contributed by atoms with Gasteiger partial charge in [0.1, 0.15) is 6.33 Å². The highest BCUT2D eigenvalue weighted by molar-refractivity contribution is 7.13. The fourth-order valence-electron chi connectivity index (χ4n) is 3.08. The van der Waals surface area contributed by atoms with Crippen molar-refractivity contribution < 1.29 is 14.3 Å². The number of piperidine rings is 1. The van der Waals surface area contributed by atoms with Crippen molar-refractivity contribution in [1.29, 1.82) is 0 Å². The van der Waals surface area contributed by atoms with Crippen LogP contribution in [0, 0.1) is 26.7 Å². The monoisotopic (exact) mass is 388 g/mol. The summed E-state index contributed by atoms with van der Waals surface area (Å²) in [5.41, 5.74) is 1.30. The van der Waals surface area contributed by atoms with Crippen LogP contribution < -0.4 is 10.1 Å². The van der Waals surface area contributed by atoms with Crippen LogP contribution in [0.3, 0.4) is 0 Å². The number of hydrogen-bond acceptors (Lipinski definition) is 6. The topological polar surface area (TPSA) is 84.4 Å². The third-order valence-corrected chi connectivity index (χ3v) is 5.74. The Bertz CT molecular complexity index is 808. The molecule has 0 atom stereocenters. The molecular formula is C19H24N4O3S. The van der Waals surface area contributed by atoms with Gasteiger partial charge < -0.3 is 15.0 Å². The van der Waals surface area contributed by atoms with Crippen molar-refractivity contribution in [2.75, 3.05) is 19.6 Å². The highest BCUT2D eigenvalue weighted by atomic mass is 32.1. The van der Waals surface area contributed by atoms with Crippen LogP contribution in [0.5, 0.6) is 5.75 Å². The summed E-state index contributed by atoms with van der Waals surface area (Å²) in [4.78, 5) is 36.3. The average Bonchev–Trinajstić information content (AvgIpc) is 3.09.